The van der Waals surface area contributed by atoms with Crippen molar-refractivity contribution in [2.75, 3.05) is 12.4 Å². The predicted octanol–water partition coefficient (Wildman–Crippen LogP) is 4.75. The molecule has 0 unspecified atom stereocenters. The second-order valence-electron chi connectivity index (χ2n) is 7.32. The average Bonchev–Trinajstić information content (AvgIpc) is 2.80. The van der Waals surface area contributed by atoms with Crippen molar-refractivity contribution in [3.05, 3.63) is 95.7 Å². The van der Waals surface area contributed by atoms with Gasteiger partial charge in [0.1, 0.15) is 0 Å². The van der Waals surface area contributed by atoms with Crippen molar-refractivity contribution in [3.63, 3.8) is 0 Å². The standard InChI is InChI=1S/C26H23N3O2/c1-17-22(16-24(30)29-20-14-12-19(13-15-20)26(31)27-2)25(18-8-4-3-5-9-18)21-10-6-7-11-23(21)28-17/h3-15H,16H2,1-2H3,(H,27,31)(H,29,30). The van der Waals surface area contributed by atoms with Gasteiger partial charge < -0.3 is 10.6 Å². The molecule has 0 fully saturated rings. The lowest BCUT2D eigenvalue weighted by molar-refractivity contribution is -0.115. The van der Waals surface area contributed by atoms with Crippen LogP contribution in [0.5, 0.6) is 0 Å². The number of carbonyl (C=O) groups is 2. The van der Waals surface area contributed by atoms with Crippen molar-refractivity contribution >= 4 is 28.4 Å². The number of aryl methyl sites for hydroxylation is 1. The number of benzene rings is 3. The maximum atomic E-state index is 12.9. The molecule has 154 valence electrons. The first kappa shape index (κ1) is 20.3. The summed E-state index contributed by atoms with van der Waals surface area (Å²) in [6.07, 6.45) is 0.199. The Hall–Kier alpha value is -3.99. The largest absolute Gasteiger partial charge is 0.355 e. The highest BCUT2D eigenvalue weighted by molar-refractivity contribution is 6.00. The Morgan fingerprint density at radius 3 is 2.26 bits per heavy atom. The van der Waals surface area contributed by atoms with Gasteiger partial charge >= 0.3 is 0 Å². The third-order valence-corrected chi connectivity index (χ3v) is 5.26. The third kappa shape index (κ3) is 4.31. The van der Waals surface area contributed by atoms with E-state index in [0.717, 1.165) is 33.3 Å². The lowest BCUT2D eigenvalue weighted by atomic mass is 9.92. The zero-order valence-corrected chi connectivity index (χ0v) is 17.5. The Kier molecular flexibility index (Phi) is 5.76. The van der Waals surface area contributed by atoms with Crippen LogP contribution in [0.15, 0.2) is 78.9 Å². The van der Waals surface area contributed by atoms with Crippen LogP contribution in [-0.4, -0.2) is 23.8 Å². The summed E-state index contributed by atoms with van der Waals surface area (Å²) in [7, 11) is 1.59. The van der Waals surface area contributed by atoms with Crippen LogP contribution in [-0.2, 0) is 11.2 Å². The van der Waals surface area contributed by atoms with Crippen LogP contribution in [0, 0.1) is 6.92 Å². The highest BCUT2D eigenvalue weighted by Gasteiger charge is 2.17. The molecule has 4 rings (SSSR count). The fourth-order valence-electron chi connectivity index (χ4n) is 3.74. The molecule has 0 bridgehead atoms. The van der Waals surface area contributed by atoms with E-state index in [-0.39, 0.29) is 18.2 Å². The minimum Gasteiger partial charge on any atom is -0.355 e. The van der Waals surface area contributed by atoms with Gasteiger partial charge in [-0.3, -0.25) is 14.6 Å². The van der Waals surface area contributed by atoms with E-state index in [4.69, 9.17) is 4.98 Å². The summed E-state index contributed by atoms with van der Waals surface area (Å²) in [4.78, 5) is 29.3. The summed E-state index contributed by atoms with van der Waals surface area (Å²) >= 11 is 0. The Morgan fingerprint density at radius 1 is 0.871 bits per heavy atom. The first-order chi connectivity index (χ1) is 15.1. The Bertz CT molecular complexity index is 1250. The number of para-hydroxylation sites is 1. The van der Waals surface area contributed by atoms with Crippen LogP contribution in [0.4, 0.5) is 5.69 Å². The maximum absolute atomic E-state index is 12.9. The highest BCUT2D eigenvalue weighted by atomic mass is 16.2. The monoisotopic (exact) mass is 409 g/mol. The molecule has 0 saturated heterocycles. The number of nitrogens with one attached hydrogen (secondary N) is 2. The van der Waals surface area contributed by atoms with Gasteiger partial charge in [-0.1, -0.05) is 48.5 Å². The molecule has 31 heavy (non-hydrogen) atoms. The Balaban J connectivity index is 1.67. The number of amides is 2. The molecule has 1 aromatic heterocycles. The molecule has 1 heterocycles. The minimum atomic E-state index is -0.164. The van der Waals surface area contributed by atoms with E-state index in [2.05, 4.69) is 22.8 Å². The van der Waals surface area contributed by atoms with Gasteiger partial charge in [-0.25, -0.2) is 0 Å². The van der Waals surface area contributed by atoms with Crippen molar-refractivity contribution in [2.45, 2.75) is 13.3 Å². The summed E-state index contributed by atoms with van der Waals surface area (Å²) in [5.74, 6) is -0.298. The van der Waals surface area contributed by atoms with Gasteiger partial charge in [-0.2, -0.15) is 0 Å². The van der Waals surface area contributed by atoms with Crippen molar-refractivity contribution in [1.29, 1.82) is 0 Å². The van der Waals surface area contributed by atoms with Crippen LogP contribution < -0.4 is 10.6 Å². The van der Waals surface area contributed by atoms with Gasteiger partial charge in [0.15, 0.2) is 0 Å². The van der Waals surface area contributed by atoms with Crippen LogP contribution in [0.25, 0.3) is 22.0 Å². The Labute approximate surface area is 181 Å². The van der Waals surface area contributed by atoms with Crippen molar-refractivity contribution in [1.82, 2.24) is 10.3 Å². The van der Waals surface area contributed by atoms with E-state index < -0.39 is 0 Å². The third-order valence-electron chi connectivity index (χ3n) is 5.26. The zero-order valence-electron chi connectivity index (χ0n) is 17.5. The van der Waals surface area contributed by atoms with Crippen LogP contribution in [0.1, 0.15) is 21.6 Å². The molecule has 3 aromatic carbocycles. The van der Waals surface area contributed by atoms with Crippen LogP contribution in [0.3, 0.4) is 0 Å². The maximum Gasteiger partial charge on any atom is 0.251 e. The normalized spacial score (nSPS) is 10.6. The number of anilines is 1. The molecule has 2 N–H and O–H groups in total. The van der Waals surface area contributed by atoms with Crippen LogP contribution >= 0.6 is 0 Å². The van der Waals surface area contributed by atoms with Gasteiger partial charge in [0.2, 0.25) is 5.91 Å². The summed E-state index contributed by atoms with van der Waals surface area (Å²) in [6.45, 7) is 1.94. The van der Waals surface area contributed by atoms with Gasteiger partial charge in [0.25, 0.3) is 5.91 Å². The smallest absolute Gasteiger partial charge is 0.251 e. The number of hydrogen-bond donors (Lipinski definition) is 2. The van der Waals surface area contributed by atoms with Crippen LogP contribution in [0.2, 0.25) is 0 Å². The molecule has 0 radical (unpaired) electrons. The van der Waals surface area contributed by atoms with Gasteiger partial charge in [0, 0.05) is 29.4 Å². The molecule has 0 spiro atoms. The number of fused-ring (bicyclic) bond motifs is 1. The average molecular weight is 409 g/mol. The lowest BCUT2D eigenvalue weighted by Crippen LogP contribution is -2.18. The molecule has 2 amide bonds. The van der Waals surface area contributed by atoms with Gasteiger partial charge in [-0.05, 0) is 53.9 Å². The number of pyridine rings is 1. The molecule has 0 aliphatic rings. The van der Waals surface area contributed by atoms with Crippen molar-refractivity contribution in [2.24, 2.45) is 0 Å². The first-order valence-corrected chi connectivity index (χ1v) is 10.1. The topological polar surface area (TPSA) is 71.1 Å². The zero-order chi connectivity index (χ0) is 21.8. The molecular weight excluding hydrogens is 386 g/mol. The van der Waals surface area contributed by atoms with E-state index in [9.17, 15) is 9.59 Å². The summed E-state index contributed by atoms with van der Waals surface area (Å²) in [5.41, 5.74) is 5.93. The Morgan fingerprint density at radius 2 is 1.55 bits per heavy atom. The predicted molar refractivity (Wildman–Crippen MR) is 124 cm³/mol. The molecule has 0 aliphatic carbocycles. The van der Waals surface area contributed by atoms with E-state index in [0.29, 0.717) is 11.3 Å². The molecule has 5 nitrogen and oxygen atoms in total. The number of carbonyl (C=O) groups excluding carboxylic acids is 2. The lowest BCUT2D eigenvalue weighted by Gasteiger charge is -2.16. The summed E-state index contributed by atoms with van der Waals surface area (Å²) in [5, 5.41) is 6.54. The fraction of sp³-hybridized carbons (Fsp3) is 0.115. The molecule has 0 aliphatic heterocycles. The quantitative estimate of drug-likeness (QED) is 0.500. The summed E-state index contributed by atoms with van der Waals surface area (Å²) in [6, 6.07) is 24.9. The molecule has 0 atom stereocenters. The SMILES string of the molecule is CNC(=O)c1ccc(NC(=O)Cc2c(C)nc3ccccc3c2-c2ccccc2)cc1. The van der Waals surface area contributed by atoms with Crippen molar-refractivity contribution in [3.8, 4) is 11.1 Å². The van der Waals surface area contributed by atoms with E-state index >= 15 is 0 Å². The second kappa shape index (κ2) is 8.79. The number of hydrogen-bond acceptors (Lipinski definition) is 3. The fourth-order valence-corrected chi connectivity index (χ4v) is 3.74. The first-order valence-electron chi connectivity index (χ1n) is 10.1. The van der Waals surface area contributed by atoms with Gasteiger partial charge in [-0.15, -0.1) is 0 Å². The minimum absolute atomic E-state index is 0.134. The highest BCUT2D eigenvalue weighted by Crippen LogP contribution is 2.33. The van der Waals surface area contributed by atoms with Crippen molar-refractivity contribution < 1.29 is 9.59 Å². The second-order valence-corrected chi connectivity index (χ2v) is 7.32. The van der Waals surface area contributed by atoms with E-state index in [1.165, 1.54) is 0 Å². The van der Waals surface area contributed by atoms with Gasteiger partial charge in [0.05, 0.1) is 11.9 Å². The number of nitrogens with zero attached hydrogens (tertiary/aromatic N) is 1. The summed E-state index contributed by atoms with van der Waals surface area (Å²) < 4.78 is 0. The molecule has 5 heteroatoms. The number of rotatable bonds is 5. The molecular formula is C26H23N3O2. The van der Waals surface area contributed by atoms with E-state index in [1.54, 1.807) is 31.3 Å². The van der Waals surface area contributed by atoms with E-state index in [1.807, 2.05) is 49.4 Å². The number of aromatic nitrogens is 1. The molecule has 4 aromatic rings. The molecule has 0 saturated carbocycles.